The van der Waals surface area contributed by atoms with E-state index in [1.54, 1.807) is 7.05 Å². The summed E-state index contributed by atoms with van der Waals surface area (Å²) in [5.74, 6) is 0. The Morgan fingerprint density at radius 3 is 2.67 bits per heavy atom. The number of ether oxygens (including phenoxy) is 1. The maximum atomic E-state index is 4.69. The first kappa shape index (κ1) is 5.47. The van der Waals surface area contributed by atoms with Gasteiger partial charge in [-0.05, 0) is 6.92 Å². The van der Waals surface area contributed by atoms with Crippen molar-refractivity contribution < 1.29 is 4.74 Å². The van der Waals surface area contributed by atoms with Crippen LogP contribution < -0.4 is 0 Å². The van der Waals surface area contributed by atoms with Gasteiger partial charge in [-0.25, -0.2) is 0 Å². The molecule has 0 atom stereocenters. The fourth-order valence-electron chi connectivity index (χ4n) is 0.149. The molecule has 0 unspecified atom stereocenters. The monoisotopic (exact) mass is 87.1 g/mol. The molecule has 0 saturated heterocycles. The van der Waals surface area contributed by atoms with Crippen molar-refractivity contribution in [1.82, 2.24) is 0 Å². The average molecular weight is 87.1 g/mol. The smallest absolute Gasteiger partial charge is 0.169 e. The molecular weight excluding hydrogens is 78.0 g/mol. The Hall–Kier alpha value is -0.530. The minimum Gasteiger partial charge on any atom is -0.484 e. The predicted octanol–water partition coefficient (Wildman–Crippen LogP) is 0.681. The maximum Gasteiger partial charge on any atom is 0.169 e. The molecule has 0 aromatic heterocycles. The lowest BCUT2D eigenvalue weighted by atomic mass is 10.9. The standard InChI is InChI=1S/C4H9NO/c1-3-6-4-5-2/h4H,3H2,1-2H3/b5-4-. The molecule has 0 aliphatic rings. The Morgan fingerprint density at radius 2 is 2.50 bits per heavy atom. The summed E-state index contributed by atoms with van der Waals surface area (Å²) in [6.45, 7) is 2.62. The highest BCUT2D eigenvalue weighted by molar-refractivity contribution is 5.45. The molecular formula is C4H9NO. The molecule has 2 heteroatoms. The summed E-state index contributed by atoms with van der Waals surface area (Å²) in [7, 11) is 1.68. The zero-order chi connectivity index (χ0) is 4.83. The molecule has 36 valence electrons. The second-order valence-corrected chi connectivity index (χ2v) is 0.819. The summed E-state index contributed by atoms with van der Waals surface area (Å²) in [5.41, 5.74) is 0. The van der Waals surface area contributed by atoms with Gasteiger partial charge in [-0.15, -0.1) is 0 Å². The summed E-state index contributed by atoms with van der Waals surface area (Å²) in [6, 6.07) is 0. The molecule has 0 N–H and O–H groups in total. The highest BCUT2D eigenvalue weighted by Crippen LogP contribution is 1.60. The van der Waals surface area contributed by atoms with Crippen LogP contribution >= 0.6 is 0 Å². The Kier molecular flexibility index (Phi) is 4.08. The fraction of sp³-hybridized carbons (Fsp3) is 0.750. The minimum atomic E-state index is 0.706. The molecule has 0 aliphatic heterocycles. The van der Waals surface area contributed by atoms with Gasteiger partial charge in [0.1, 0.15) is 0 Å². The summed E-state index contributed by atoms with van der Waals surface area (Å²) in [5, 5.41) is 0. The average Bonchev–Trinajstić information content (AvgIpc) is 1.61. The Bertz CT molecular complexity index is 42.8. The number of nitrogens with zero attached hydrogens (tertiary/aromatic N) is 1. The maximum absolute atomic E-state index is 4.69. The highest BCUT2D eigenvalue weighted by atomic mass is 16.5. The first-order valence-electron chi connectivity index (χ1n) is 1.94. The van der Waals surface area contributed by atoms with Crippen LogP contribution in [0, 0.1) is 0 Å². The molecule has 0 saturated carbocycles. The van der Waals surface area contributed by atoms with E-state index in [9.17, 15) is 0 Å². The number of hydrogen-bond acceptors (Lipinski definition) is 2. The van der Waals surface area contributed by atoms with Crippen molar-refractivity contribution in [2.24, 2.45) is 4.99 Å². The molecule has 0 spiro atoms. The van der Waals surface area contributed by atoms with Crippen LogP contribution in [0.25, 0.3) is 0 Å². The summed E-state index contributed by atoms with van der Waals surface area (Å²) in [6.07, 6.45) is 1.43. The van der Waals surface area contributed by atoms with E-state index >= 15 is 0 Å². The zero-order valence-electron chi connectivity index (χ0n) is 4.14. The largest absolute Gasteiger partial charge is 0.484 e. The molecule has 6 heavy (non-hydrogen) atoms. The van der Waals surface area contributed by atoms with Crippen LogP contribution in [0.2, 0.25) is 0 Å². The fourth-order valence-corrected chi connectivity index (χ4v) is 0.149. The predicted molar refractivity (Wildman–Crippen MR) is 26.0 cm³/mol. The van der Waals surface area contributed by atoms with Crippen molar-refractivity contribution in [2.75, 3.05) is 13.7 Å². The van der Waals surface area contributed by atoms with Gasteiger partial charge < -0.3 is 4.74 Å². The molecule has 0 aliphatic carbocycles. The van der Waals surface area contributed by atoms with E-state index in [1.807, 2.05) is 6.92 Å². The van der Waals surface area contributed by atoms with Gasteiger partial charge in [-0.3, -0.25) is 4.99 Å². The second kappa shape index (κ2) is 4.47. The summed E-state index contributed by atoms with van der Waals surface area (Å²) >= 11 is 0. The van der Waals surface area contributed by atoms with Gasteiger partial charge >= 0.3 is 0 Å². The first-order valence-corrected chi connectivity index (χ1v) is 1.94. The third-order valence-electron chi connectivity index (χ3n) is 0.347. The lowest BCUT2D eigenvalue weighted by Gasteiger charge is -1.85. The Balaban J connectivity index is 2.66. The van der Waals surface area contributed by atoms with Gasteiger partial charge in [-0.2, -0.15) is 0 Å². The third kappa shape index (κ3) is 3.47. The SMILES string of the molecule is CCO/C=N\C. The van der Waals surface area contributed by atoms with Crippen molar-refractivity contribution in [3.05, 3.63) is 0 Å². The highest BCUT2D eigenvalue weighted by Gasteiger charge is 1.60. The van der Waals surface area contributed by atoms with Crippen LogP contribution in [-0.4, -0.2) is 20.1 Å². The molecule has 0 radical (unpaired) electrons. The number of aliphatic imine (C=N–C) groups is 1. The van der Waals surface area contributed by atoms with E-state index in [4.69, 9.17) is 4.74 Å². The van der Waals surface area contributed by atoms with Crippen LogP contribution in [-0.2, 0) is 4.74 Å². The zero-order valence-corrected chi connectivity index (χ0v) is 4.14. The normalized spacial score (nSPS) is 9.67. The van der Waals surface area contributed by atoms with Crippen LogP contribution in [0.1, 0.15) is 6.92 Å². The van der Waals surface area contributed by atoms with Crippen molar-refractivity contribution in [2.45, 2.75) is 6.92 Å². The van der Waals surface area contributed by atoms with E-state index in [0.717, 1.165) is 0 Å². The van der Waals surface area contributed by atoms with Crippen LogP contribution in [0.5, 0.6) is 0 Å². The lowest BCUT2D eigenvalue weighted by molar-refractivity contribution is 0.343. The summed E-state index contributed by atoms with van der Waals surface area (Å²) < 4.78 is 4.69. The van der Waals surface area contributed by atoms with E-state index < -0.39 is 0 Å². The molecule has 0 heterocycles. The molecule has 0 fully saturated rings. The molecule has 0 aromatic rings. The molecule has 0 amide bonds. The second-order valence-electron chi connectivity index (χ2n) is 0.819. The van der Waals surface area contributed by atoms with Crippen molar-refractivity contribution in [1.29, 1.82) is 0 Å². The van der Waals surface area contributed by atoms with Gasteiger partial charge in [-0.1, -0.05) is 0 Å². The van der Waals surface area contributed by atoms with E-state index in [2.05, 4.69) is 4.99 Å². The van der Waals surface area contributed by atoms with Gasteiger partial charge in [0.25, 0.3) is 0 Å². The summed E-state index contributed by atoms with van der Waals surface area (Å²) in [4.78, 5) is 3.58. The van der Waals surface area contributed by atoms with Gasteiger partial charge in [0.15, 0.2) is 6.40 Å². The molecule has 0 aromatic carbocycles. The molecule has 0 rings (SSSR count). The van der Waals surface area contributed by atoms with Crippen molar-refractivity contribution in [3.63, 3.8) is 0 Å². The van der Waals surface area contributed by atoms with Crippen LogP contribution in [0.3, 0.4) is 0 Å². The first-order chi connectivity index (χ1) is 2.91. The number of rotatable bonds is 2. The quantitative estimate of drug-likeness (QED) is 0.358. The topological polar surface area (TPSA) is 21.6 Å². The van der Waals surface area contributed by atoms with E-state index in [0.29, 0.717) is 6.61 Å². The van der Waals surface area contributed by atoms with Crippen molar-refractivity contribution in [3.8, 4) is 0 Å². The Morgan fingerprint density at radius 1 is 1.83 bits per heavy atom. The van der Waals surface area contributed by atoms with Crippen molar-refractivity contribution >= 4 is 6.40 Å². The Labute approximate surface area is 37.8 Å². The van der Waals surface area contributed by atoms with Gasteiger partial charge in [0.05, 0.1) is 6.61 Å². The molecule has 0 bridgehead atoms. The molecule has 2 nitrogen and oxygen atoms in total. The third-order valence-corrected chi connectivity index (χ3v) is 0.347. The van der Waals surface area contributed by atoms with Crippen LogP contribution in [0.15, 0.2) is 4.99 Å². The van der Waals surface area contributed by atoms with E-state index in [1.165, 1.54) is 6.40 Å². The number of hydrogen-bond donors (Lipinski definition) is 0. The van der Waals surface area contributed by atoms with Crippen LogP contribution in [0.4, 0.5) is 0 Å². The lowest BCUT2D eigenvalue weighted by Crippen LogP contribution is -1.82. The van der Waals surface area contributed by atoms with Gasteiger partial charge in [0, 0.05) is 7.05 Å². The van der Waals surface area contributed by atoms with Gasteiger partial charge in [0.2, 0.25) is 0 Å². The van der Waals surface area contributed by atoms with E-state index in [-0.39, 0.29) is 0 Å². The minimum absolute atomic E-state index is 0.706.